The molecule has 2 nitrogen and oxygen atoms in total. The molecule has 0 aromatic carbocycles. The van der Waals surface area contributed by atoms with Crippen LogP contribution in [0.3, 0.4) is 0 Å². The summed E-state index contributed by atoms with van der Waals surface area (Å²) in [7, 11) is 1.81. The quantitative estimate of drug-likeness (QED) is 0.499. The summed E-state index contributed by atoms with van der Waals surface area (Å²) in [6.07, 6.45) is 5.60. The van der Waals surface area contributed by atoms with Crippen LogP contribution >= 0.6 is 10.7 Å². The van der Waals surface area contributed by atoms with Gasteiger partial charge in [-0.05, 0) is 12.3 Å². The zero-order valence-corrected chi connectivity index (χ0v) is 8.00. The minimum Gasteiger partial charge on any atom is -0.212 e. The van der Waals surface area contributed by atoms with Crippen LogP contribution in [0.2, 0.25) is 0 Å². The van der Waals surface area contributed by atoms with Crippen LogP contribution in [0.25, 0.3) is 0 Å². The van der Waals surface area contributed by atoms with Gasteiger partial charge >= 0.3 is 0 Å². The summed E-state index contributed by atoms with van der Waals surface area (Å²) in [5.41, 5.74) is 0. The Morgan fingerprint density at radius 3 is 2.36 bits per heavy atom. The molecule has 1 aliphatic rings. The lowest BCUT2D eigenvalue weighted by molar-refractivity contribution is 0.598. The molecule has 0 bridgehead atoms. The van der Waals surface area contributed by atoms with Crippen molar-refractivity contribution in [2.24, 2.45) is 5.92 Å². The largest absolute Gasteiger partial charge is 0.232 e. The normalized spacial score (nSPS) is 18.6. The summed E-state index contributed by atoms with van der Waals surface area (Å²) in [6.45, 7) is 0. The van der Waals surface area contributed by atoms with Crippen LogP contribution in [0.5, 0.6) is 0 Å². The van der Waals surface area contributed by atoms with Gasteiger partial charge in [-0.1, -0.05) is 25.7 Å². The lowest BCUT2D eigenvalue weighted by atomic mass is 10.2. The second-order valence-corrected chi connectivity index (χ2v) is 6.08. The summed E-state index contributed by atoms with van der Waals surface area (Å²) in [6, 6.07) is 0. The van der Waals surface area contributed by atoms with E-state index in [1.54, 1.807) is 0 Å². The number of rotatable bonds is 5. The molecule has 0 spiro atoms. The van der Waals surface area contributed by atoms with Crippen molar-refractivity contribution in [3.8, 4) is 0 Å². The Hall–Kier alpha value is 0.240. The highest BCUT2D eigenvalue weighted by Gasteiger charge is 2.20. The van der Waals surface area contributed by atoms with Crippen molar-refractivity contribution in [2.45, 2.75) is 32.1 Å². The zero-order valence-electron chi connectivity index (χ0n) is 6.42. The molecule has 0 aliphatic heterocycles. The van der Waals surface area contributed by atoms with Crippen molar-refractivity contribution in [3.05, 3.63) is 0 Å². The molecule has 0 atom stereocenters. The molecule has 11 heavy (non-hydrogen) atoms. The highest BCUT2D eigenvalue weighted by Crippen LogP contribution is 2.33. The maximum Gasteiger partial charge on any atom is 0.232 e. The second-order valence-electron chi connectivity index (χ2n) is 3.18. The van der Waals surface area contributed by atoms with E-state index in [0.29, 0.717) is 0 Å². The van der Waals surface area contributed by atoms with Crippen LogP contribution in [0.15, 0.2) is 0 Å². The number of halogens is 1. The molecular weight excluding hydrogens is 184 g/mol. The van der Waals surface area contributed by atoms with E-state index < -0.39 is 9.05 Å². The zero-order chi connectivity index (χ0) is 8.32. The molecule has 1 saturated carbocycles. The molecule has 0 aromatic rings. The number of hydrogen-bond donors (Lipinski definition) is 0. The third kappa shape index (κ3) is 5.50. The van der Waals surface area contributed by atoms with Gasteiger partial charge < -0.3 is 0 Å². The van der Waals surface area contributed by atoms with Gasteiger partial charge in [0, 0.05) is 10.7 Å². The van der Waals surface area contributed by atoms with Gasteiger partial charge in [0.25, 0.3) is 0 Å². The maximum absolute atomic E-state index is 10.5. The van der Waals surface area contributed by atoms with Gasteiger partial charge in [-0.3, -0.25) is 0 Å². The lowest BCUT2D eigenvalue weighted by Crippen LogP contribution is -1.96. The third-order valence-electron chi connectivity index (χ3n) is 1.95. The second kappa shape index (κ2) is 3.76. The van der Waals surface area contributed by atoms with Crippen molar-refractivity contribution in [1.29, 1.82) is 0 Å². The maximum atomic E-state index is 10.5. The fourth-order valence-electron chi connectivity index (χ4n) is 1.11. The van der Waals surface area contributed by atoms with E-state index in [9.17, 15) is 8.42 Å². The summed E-state index contributed by atoms with van der Waals surface area (Å²) < 4.78 is 20.9. The van der Waals surface area contributed by atoms with Crippen molar-refractivity contribution in [2.75, 3.05) is 5.75 Å². The highest BCUT2D eigenvalue weighted by molar-refractivity contribution is 8.13. The standard InChI is InChI=1S/C7H13ClO2S/c8-11(9,10)6-2-1-3-7-4-5-7/h7H,1-6H2. The molecular formula is C7H13ClO2S. The predicted octanol–water partition coefficient (Wildman–Crippen LogP) is 2.14. The van der Waals surface area contributed by atoms with Gasteiger partial charge in [0.05, 0.1) is 5.75 Å². The van der Waals surface area contributed by atoms with Crippen molar-refractivity contribution in [1.82, 2.24) is 0 Å². The Balaban J connectivity index is 1.95. The molecule has 0 heterocycles. The van der Waals surface area contributed by atoms with Gasteiger partial charge in [-0.2, -0.15) is 0 Å². The molecule has 0 N–H and O–H groups in total. The Morgan fingerprint density at radius 2 is 1.91 bits per heavy atom. The van der Waals surface area contributed by atoms with Crippen LogP contribution in [0.4, 0.5) is 0 Å². The monoisotopic (exact) mass is 196 g/mol. The van der Waals surface area contributed by atoms with Crippen LogP contribution < -0.4 is 0 Å². The topological polar surface area (TPSA) is 34.1 Å². The Labute approximate surface area is 72.4 Å². The van der Waals surface area contributed by atoms with Crippen molar-refractivity contribution >= 4 is 19.7 Å². The van der Waals surface area contributed by atoms with E-state index in [1.165, 1.54) is 19.3 Å². The molecule has 1 aliphatic carbocycles. The molecule has 66 valence electrons. The third-order valence-corrected chi connectivity index (χ3v) is 3.19. The van der Waals surface area contributed by atoms with Gasteiger partial charge in [0.2, 0.25) is 9.05 Å². The minimum absolute atomic E-state index is 0.140. The average Bonchev–Trinajstić information content (AvgIpc) is 2.60. The van der Waals surface area contributed by atoms with Crippen LogP contribution in [-0.4, -0.2) is 14.2 Å². The summed E-state index contributed by atoms with van der Waals surface area (Å²) in [5.74, 6) is 1.04. The molecule has 0 amide bonds. The van der Waals surface area contributed by atoms with Gasteiger partial charge in [-0.15, -0.1) is 0 Å². The average molecular weight is 197 g/mol. The smallest absolute Gasteiger partial charge is 0.212 e. The van der Waals surface area contributed by atoms with E-state index in [1.807, 2.05) is 0 Å². The molecule has 0 radical (unpaired) electrons. The summed E-state index contributed by atoms with van der Waals surface area (Å²) >= 11 is 0. The molecule has 4 heteroatoms. The van der Waals surface area contributed by atoms with Crippen molar-refractivity contribution < 1.29 is 8.42 Å². The highest BCUT2D eigenvalue weighted by atomic mass is 35.7. The fraction of sp³-hybridized carbons (Fsp3) is 1.00. The molecule has 0 unspecified atom stereocenters. The predicted molar refractivity (Wildman–Crippen MR) is 46.2 cm³/mol. The van der Waals surface area contributed by atoms with E-state index in [-0.39, 0.29) is 5.75 Å². The van der Waals surface area contributed by atoms with Gasteiger partial charge in [-0.25, -0.2) is 8.42 Å². The minimum atomic E-state index is -3.23. The number of unbranched alkanes of at least 4 members (excludes halogenated alkanes) is 1. The van der Waals surface area contributed by atoms with Crippen LogP contribution in [0.1, 0.15) is 32.1 Å². The first-order chi connectivity index (χ1) is 5.08. The van der Waals surface area contributed by atoms with Gasteiger partial charge in [0.1, 0.15) is 0 Å². The summed E-state index contributed by atoms with van der Waals surface area (Å²) in [5, 5.41) is 0. The van der Waals surface area contributed by atoms with E-state index >= 15 is 0 Å². The SMILES string of the molecule is O=S(=O)(Cl)CCCCC1CC1. The lowest BCUT2D eigenvalue weighted by Gasteiger charge is -1.95. The van der Waals surface area contributed by atoms with Crippen LogP contribution in [-0.2, 0) is 9.05 Å². The van der Waals surface area contributed by atoms with E-state index in [0.717, 1.165) is 18.8 Å². The number of hydrogen-bond acceptors (Lipinski definition) is 2. The molecule has 0 saturated heterocycles. The Morgan fingerprint density at radius 1 is 1.27 bits per heavy atom. The van der Waals surface area contributed by atoms with Crippen LogP contribution in [0, 0.1) is 5.92 Å². The molecule has 1 fully saturated rings. The fourth-order valence-corrected chi connectivity index (χ4v) is 1.99. The summed E-state index contributed by atoms with van der Waals surface area (Å²) in [4.78, 5) is 0. The Kier molecular flexibility index (Phi) is 3.19. The Bertz CT molecular complexity index is 206. The van der Waals surface area contributed by atoms with Gasteiger partial charge in [0.15, 0.2) is 0 Å². The molecule has 0 aromatic heterocycles. The molecule has 1 rings (SSSR count). The van der Waals surface area contributed by atoms with E-state index in [4.69, 9.17) is 10.7 Å². The first kappa shape index (κ1) is 9.33. The van der Waals surface area contributed by atoms with Crippen molar-refractivity contribution in [3.63, 3.8) is 0 Å². The van der Waals surface area contributed by atoms with E-state index in [2.05, 4.69) is 0 Å². The first-order valence-electron chi connectivity index (χ1n) is 4.00. The first-order valence-corrected chi connectivity index (χ1v) is 6.48.